The third-order valence-electron chi connectivity index (χ3n) is 7.52. The Labute approximate surface area is 184 Å². The van der Waals surface area contributed by atoms with E-state index < -0.39 is 16.0 Å². The van der Waals surface area contributed by atoms with E-state index in [9.17, 15) is 23.1 Å². The topological polar surface area (TPSA) is 104 Å². The number of carboxylic acid groups (broad SMARTS) is 1. The Kier molecular flexibility index (Phi) is 5.89. The Morgan fingerprint density at radius 2 is 1.74 bits per heavy atom. The van der Waals surface area contributed by atoms with Gasteiger partial charge in [-0.1, -0.05) is 32.0 Å². The van der Waals surface area contributed by atoms with E-state index >= 15 is 0 Å². The van der Waals surface area contributed by atoms with Gasteiger partial charge in [0.1, 0.15) is 0 Å². The molecule has 4 aliphatic carbocycles. The maximum atomic E-state index is 13.2. The van der Waals surface area contributed by atoms with Crippen LogP contribution in [-0.4, -0.2) is 36.5 Å². The lowest BCUT2D eigenvalue weighted by Gasteiger charge is -2.62. The van der Waals surface area contributed by atoms with Gasteiger partial charge < -0.3 is 5.11 Å². The minimum absolute atomic E-state index is 0.0241. The van der Waals surface area contributed by atoms with E-state index in [1.807, 2.05) is 0 Å². The van der Waals surface area contributed by atoms with E-state index in [1.54, 1.807) is 32.0 Å². The van der Waals surface area contributed by atoms with Gasteiger partial charge in [0.15, 0.2) is 0 Å². The highest BCUT2D eigenvalue weighted by Crippen LogP contribution is 2.62. The molecule has 2 atom stereocenters. The van der Waals surface area contributed by atoms with Crippen molar-refractivity contribution in [1.29, 1.82) is 0 Å². The van der Waals surface area contributed by atoms with Gasteiger partial charge in [0.2, 0.25) is 5.91 Å². The van der Waals surface area contributed by atoms with Crippen LogP contribution in [0.25, 0.3) is 0 Å². The summed E-state index contributed by atoms with van der Waals surface area (Å²) < 4.78 is 26.2. The van der Waals surface area contributed by atoms with E-state index in [1.165, 1.54) is 17.1 Å². The molecule has 8 heteroatoms. The minimum Gasteiger partial charge on any atom is -0.481 e. The Morgan fingerprint density at radius 1 is 1.13 bits per heavy atom. The zero-order valence-corrected chi connectivity index (χ0v) is 19.0. The molecule has 2 unspecified atom stereocenters. The van der Waals surface area contributed by atoms with Crippen molar-refractivity contribution in [3.05, 3.63) is 30.3 Å². The molecule has 4 fully saturated rings. The molecule has 1 aromatic carbocycles. The molecular formula is C23H32N2O5S. The van der Waals surface area contributed by atoms with Crippen molar-refractivity contribution in [2.75, 3.05) is 0 Å². The summed E-state index contributed by atoms with van der Waals surface area (Å²) in [5.74, 6) is -0.376. The third-order valence-corrected chi connectivity index (χ3v) is 8.85. The first-order chi connectivity index (χ1) is 14.6. The first-order valence-electron chi connectivity index (χ1n) is 11.2. The van der Waals surface area contributed by atoms with Crippen LogP contribution in [0, 0.1) is 29.1 Å². The largest absolute Gasteiger partial charge is 0.481 e. The normalized spacial score (nSPS) is 31.7. The number of carbonyl (C=O) groups is 2. The highest BCUT2D eigenvalue weighted by atomic mass is 32.2. The van der Waals surface area contributed by atoms with Crippen molar-refractivity contribution in [1.82, 2.24) is 9.84 Å². The van der Waals surface area contributed by atoms with Crippen LogP contribution in [0.1, 0.15) is 58.8 Å². The number of amides is 1. The average molecular weight is 449 g/mol. The molecule has 2 N–H and O–H groups in total. The molecule has 0 aliphatic heterocycles. The standard InChI is InChI=1S/C23H32N2O5S/c1-15(2)22(28)25(24-31(29,30)19-6-4-3-5-7-19)21-17-10-16-11-18(21)14-23(12-16,13-17)9-8-20(26)27/h3-7,15-18,21,24H,8-14H2,1-2H3,(H,26,27). The zero-order chi connectivity index (χ0) is 22.4. The zero-order valence-electron chi connectivity index (χ0n) is 18.2. The molecule has 7 nitrogen and oxygen atoms in total. The smallest absolute Gasteiger partial charge is 0.303 e. The number of hydrogen-bond donors (Lipinski definition) is 2. The molecular weight excluding hydrogens is 416 g/mol. The van der Waals surface area contributed by atoms with Gasteiger partial charge in [-0.15, -0.1) is 4.83 Å². The monoisotopic (exact) mass is 448 g/mol. The number of nitrogens with one attached hydrogen (secondary N) is 1. The molecule has 0 aromatic heterocycles. The second kappa shape index (κ2) is 8.20. The number of nitrogens with zero attached hydrogens (tertiary/aromatic N) is 1. The van der Waals surface area contributed by atoms with Gasteiger partial charge in [0, 0.05) is 12.3 Å². The predicted molar refractivity (Wildman–Crippen MR) is 115 cm³/mol. The van der Waals surface area contributed by atoms with E-state index in [0.29, 0.717) is 12.3 Å². The summed E-state index contributed by atoms with van der Waals surface area (Å²) in [4.78, 5) is 27.2. The Morgan fingerprint density at radius 3 is 2.29 bits per heavy atom. The summed E-state index contributed by atoms with van der Waals surface area (Å²) in [5, 5.41) is 10.6. The van der Waals surface area contributed by atoms with E-state index in [2.05, 4.69) is 4.83 Å². The lowest BCUT2D eigenvalue weighted by molar-refractivity contribution is -0.159. The fraction of sp³-hybridized carbons (Fsp3) is 0.652. The van der Waals surface area contributed by atoms with E-state index in [-0.39, 0.29) is 46.4 Å². The molecule has 4 bridgehead atoms. The van der Waals surface area contributed by atoms with Gasteiger partial charge >= 0.3 is 5.97 Å². The number of sulfonamides is 1. The number of hydrogen-bond acceptors (Lipinski definition) is 4. The maximum Gasteiger partial charge on any atom is 0.303 e. The van der Waals surface area contributed by atoms with Crippen molar-refractivity contribution in [3.63, 3.8) is 0 Å². The Balaban J connectivity index is 1.61. The third kappa shape index (κ3) is 4.37. The number of aliphatic carboxylic acids is 1. The van der Waals surface area contributed by atoms with Crippen LogP contribution in [0.2, 0.25) is 0 Å². The molecule has 4 aliphatic rings. The second-order valence-electron chi connectivity index (χ2n) is 10.1. The summed E-state index contributed by atoms with van der Waals surface area (Å²) in [6.07, 6.45) is 5.60. The molecule has 0 heterocycles. The van der Waals surface area contributed by atoms with Gasteiger partial charge in [-0.05, 0) is 73.8 Å². The van der Waals surface area contributed by atoms with Crippen LogP contribution in [0.4, 0.5) is 0 Å². The van der Waals surface area contributed by atoms with Crippen molar-refractivity contribution >= 4 is 21.9 Å². The SMILES string of the molecule is CC(C)C(=O)N(NS(=O)(=O)c1ccccc1)C1C2CC3CC1CC(CCC(=O)O)(C3)C2. The highest BCUT2D eigenvalue weighted by molar-refractivity contribution is 7.89. The highest BCUT2D eigenvalue weighted by Gasteiger charge is 2.57. The summed E-state index contributed by atoms with van der Waals surface area (Å²) in [6.45, 7) is 3.58. The molecule has 0 spiro atoms. The number of benzene rings is 1. The van der Waals surface area contributed by atoms with Gasteiger partial charge in [0.25, 0.3) is 10.0 Å². The van der Waals surface area contributed by atoms with Crippen molar-refractivity contribution < 1.29 is 23.1 Å². The first kappa shape index (κ1) is 22.3. The van der Waals surface area contributed by atoms with Crippen molar-refractivity contribution in [2.24, 2.45) is 29.1 Å². The molecule has 1 amide bonds. The van der Waals surface area contributed by atoms with Crippen LogP contribution in [-0.2, 0) is 19.6 Å². The average Bonchev–Trinajstić information content (AvgIpc) is 2.71. The summed E-state index contributed by atoms with van der Waals surface area (Å²) in [7, 11) is -3.88. The van der Waals surface area contributed by atoms with Crippen LogP contribution >= 0.6 is 0 Å². The van der Waals surface area contributed by atoms with Crippen LogP contribution in [0.3, 0.4) is 0 Å². The number of carbonyl (C=O) groups excluding carboxylic acids is 1. The molecule has 1 aromatic rings. The first-order valence-corrected chi connectivity index (χ1v) is 12.7. The molecule has 31 heavy (non-hydrogen) atoms. The molecule has 4 saturated carbocycles. The lowest BCUT2D eigenvalue weighted by Crippen LogP contribution is -2.64. The molecule has 0 radical (unpaired) electrons. The number of hydrazine groups is 1. The Bertz CT molecular complexity index is 930. The van der Waals surface area contributed by atoms with Crippen LogP contribution in [0.15, 0.2) is 35.2 Å². The Hall–Kier alpha value is -1.93. The quantitative estimate of drug-likeness (QED) is 0.593. The van der Waals surface area contributed by atoms with Gasteiger partial charge in [-0.25, -0.2) is 8.42 Å². The van der Waals surface area contributed by atoms with Gasteiger partial charge in [-0.2, -0.15) is 0 Å². The number of rotatable bonds is 8. The van der Waals surface area contributed by atoms with Crippen LogP contribution in [0.5, 0.6) is 0 Å². The second-order valence-corrected chi connectivity index (χ2v) is 11.8. The minimum atomic E-state index is -3.88. The molecule has 0 saturated heterocycles. The van der Waals surface area contributed by atoms with Gasteiger partial charge in [-0.3, -0.25) is 14.6 Å². The van der Waals surface area contributed by atoms with Crippen molar-refractivity contribution in [2.45, 2.75) is 69.7 Å². The number of carboxylic acids is 1. The van der Waals surface area contributed by atoms with Gasteiger partial charge in [0.05, 0.1) is 10.9 Å². The summed E-state index contributed by atoms with van der Waals surface area (Å²) >= 11 is 0. The predicted octanol–water partition coefficient (Wildman–Crippen LogP) is 3.42. The van der Waals surface area contributed by atoms with E-state index in [4.69, 9.17) is 0 Å². The lowest BCUT2D eigenvalue weighted by atomic mass is 9.47. The molecule has 5 rings (SSSR count). The van der Waals surface area contributed by atoms with Crippen molar-refractivity contribution in [3.8, 4) is 0 Å². The summed E-state index contributed by atoms with van der Waals surface area (Å²) in [6, 6.07) is 7.96. The van der Waals surface area contributed by atoms with Crippen LogP contribution < -0.4 is 4.83 Å². The summed E-state index contributed by atoms with van der Waals surface area (Å²) in [5.41, 5.74) is 0.0241. The fourth-order valence-corrected chi connectivity index (χ4v) is 7.67. The fourth-order valence-electron chi connectivity index (χ4n) is 6.58. The van der Waals surface area contributed by atoms with E-state index in [0.717, 1.165) is 32.1 Å². The maximum absolute atomic E-state index is 13.2. The molecule has 170 valence electrons.